The largest absolute Gasteiger partial charge is 0.508 e. The molecule has 3 aliphatic rings. The molecule has 3 aliphatic heterocycles. The first-order chi connectivity index (χ1) is 33.7. The van der Waals surface area contributed by atoms with Crippen LogP contribution in [0, 0.1) is 5.92 Å². The van der Waals surface area contributed by atoms with Gasteiger partial charge in [0.15, 0.2) is 16.9 Å². The molecule has 0 aliphatic carbocycles. The fraction of sp³-hybridized carbons (Fsp3) is 0.316. The molecule has 4 bridgehead atoms. The van der Waals surface area contributed by atoms with Crippen molar-refractivity contribution >= 4 is 22.9 Å². The normalized spacial score (nSPS) is 16.9. The van der Waals surface area contributed by atoms with E-state index in [4.69, 9.17) is 18.6 Å². The number of aromatic hydroxyl groups is 1. The van der Waals surface area contributed by atoms with E-state index in [0.29, 0.717) is 36.1 Å². The van der Waals surface area contributed by atoms with E-state index in [2.05, 4.69) is 70.7 Å². The average molecular weight is 932 g/mol. The van der Waals surface area contributed by atoms with Gasteiger partial charge in [0.05, 0.1) is 33.0 Å². The van der Waals surface area contributed by atoms with Gasteiger partial charge in [0.2, 0.25) is 5.75 Å². The number of aryl methyl sites for hydroxylation is 3. The quantitative estimate of drug-likeness (QED) is 0.0737. The van der Waals surface area contributed by atoms with Crippen LogP contribution in [0.25, 0.3) is 39.5 Å². The third-order valence-electron chi connectivity index (χ3n) is 13.4. The molecule has 0 unspecified atom stereocenters. The number of phenolic OH excluding ortho intramolecular Hbond substituents is 1. The van der Waals surface area contributed by atoms with Crippen molar-refractivity contribution < 1.29 is 39.1 Å². The summed E-state index contributed by atoms with van der Waals surface area (Å²) in [6.07, 6.45) is 5.84. The minimum atomic E-state index is -0.850. The minimum Gasteiger partial charge on any atom is -0.508 e. The fourth-order valence-corrected chi connectivity index (χ4v) is 9.66. The zero-order valence-corrected chi connectivity index (χ0v) is 39.2. The SMILES string of the molecule is CCc1cc2c([nH]1)N1CCNC[C@H]1Cc1ccc(c(CO)c1)C[C@H](CO)COc1c(OC)c(OCC[C@@H](O)/C=C/c3ccccc3)c3c(=O)cc(-c4ccc(O)cc4)oc3c1CCc1cccc-2c1. The molecular formula is C57H61N3O9. The minimum absolute atomic E-state index is 0.0191. The van der Waals surface area contributed by atoms with Gasteiger partial charge in [0, 0.05) is 73.1 Å². The Kier molecular flexibility index (Phi) is 14.8. The molecule has 3 atom stereocenters. The first-order valence-electron chi connectivity index (χ1n) is 24.0. The summed E-state index contributed by atoms with van der Waals surface area (Å²) >= 11 is 0. The summed E-state index contributed by atoms with van der Waals surface area (Å²) < 4.78 is 26.3. The van der Waals surface area contributed by atoms with Crippen LogP contribution in [0.1, 0.15) is 52.4 Å². The molecule has 6 N–H and O–H groups in total. The third kappa shape index (κ3) is 10.6. The molecule has 0 radical (unpaired) electrons. The Bertz CT molecular complexity index is 2960. The van der Waals surface area contributed by atoms with Crippen molar-refractivity contribution in [3.8, 4) is 45.4 Å². The Morgan fingerprint density at radius 1 is 0.899 bits per heavy atom. The number of ether oxygens (including phenoxy) is 3. The monoisotopic (exact) mass is 931 g/mol. The Morgan fingerprint density at radius 2 is 1.74 bits per heavy atom. The predicted octanol–water partition coefficient (Wildman–Crippen LogP) is 8.42. The van der Waals surface area contributed by atoms with E-state index in [0.717, 1.165) is 82.9 Å². The summed E-state index contributed by atoms with van der Waals surface area (Å²) in [5.41, 5.74) is 9.21. The third-order valence-corrected chi connectivity index (χ3v) is 13.4. The Labute approximate surface area is 402 Å². The van der Waals surface area contributed by atoms with Gasteiger partial charge < -0.3 is 54.3 Å². The lowest BCUT2D eigenvalue weighted by molar-refractivity contribution is 0.156. The van der Waals surface area contributed by atoms with Gasteiger partial charge in [-0.25, -0.2) is 0 Å². The van der Waals surface area contributed by atoms with Crippen molar-refractivity contribution in [1.82, 2.24) is 10.3 Å². The number of hydrogen-bond donors (Lipinski definition) is 6. The summed E-state index contributed by atoms with van der Waals surface area (Å²) in [4.78, 5) is 20.9. The number of anilines is 1. The number of nitrogens with one attached hydrogen (secondary N) is 2. The molecule has 2 aromatic heterocycles. The molecule has 0 amide bonds. The smallest absolute Gasteiger partial charge is 0.204 e. The predicted molar refractivity (Wildman–Crippen MR) is 271 cm³/mol. The Balaban J connectivity index is 1.19. The van der Waals surface area contributed by atoms with Crippen molar-refractivity contribution in [2.24, 2.45) is 5.92 Å². The average Bonchev–Trinajstić information content (AvgIpc) is 3.82. The number of methoxy groups -OCH3 is 1. The lowest BCUT2D eigenvalue weighted by Crippen LogP contribution is -2.52. The molecule has 10 rings (SSSR count). The summed E-state index contributed by atoms with van der Waals surface area (Å²) in [5, 5.41) is 46.6. The van der Waals surface area contributed by atoms with Gasteiger partial charge in [-0.05, 0) is 95.8 Å². The molecule has 12 nitrogen and oxygen atoms in total. The number of aliphatic hydroxyl groups is 3. The maximum Gasteiger partial charge on any atom is 0.204 e. The molecule has 1 saturated heterocycles. The number of H-pyrrole nitrogens is 1. The van der Waals surface area contributed by atoms with Crippen molar-refractivity contribution in [2.75, 3.05) is 51.5 Å². The van der Waals surface area contributed by atoms with Crippen molar-refractivity contribution in [3.63, 3.8) is 0 Å². The van der Waals surface area contributed by atoms with Crippen LogP contribution in [0.3, 0.4) is 0 Å². The highest BCUT2D eigenvalue weighted by atomic mass is 16.5. The highest BCUT2D eigenvalue weighted by Crippen LogP contribution is 2.48. The van der Waals surface area contributed by atoms with E-state index < -0.39 is 12.0 Å². The second kappa shape index (κ2) is 21.6. The summed E-state index contributed by atoms with van der Waals surface area (Å²) in [7, 11) is 1.50. The first kappa shape index (κ1) is 47.2. The number of phenols is 1. The van der Waals surface area contributed by atoms with E-state index >= 15 is 0 Å². The molecule has 1 fully saturated rings. The van der Waals surface area contributed by atoms with Gasteiger partial charge >= 0.3 is 0 Å². The lowest BCUT2D eigenvalue weighted by atomic mass is 9.92. The molecule has 7 aromatic rings. The Hall–Kier alpha value is -6.83. The van der Waals surface area contributed by atoms with Gasteiger partial charge in [0.25, 0.3) is 0 Å². The van der Waals surface area contributed by atoms with Crippen LogP contribution in [-0.2, 0) is 38.7 Å². The van der Waals surface area contributed by atoms with Crippen LogP contribution in [-0.4, -0.2) is 84.1 Å². The van der Waals surface area contributed by atoms with Crippen LogP contribution in [0.2, 0.25) is 0 Å². The van der Waals surface area contributed by atoms with E-state index in [1.807, 2.05) is 36.4 Å². The molecule has 5 heterocycles. The fourth-order valence-electron chi connectivity index (χ4n) is 9.66. The summed E-state index contributed by atoms with van der Waals surface area (Å²) in [6.45, 7) is 4.35. The maximum atomic E-state index is 14.6. The number of aromatic amines is 1. The van der Waals surface area contributed by atoms with Gasteiger partial charge in [-0.2, -0.15) is 0 Å². The van der Waals surface area contributed by atoms with Crippen LogP contribution < -0.4 is 29.9 Å². The number of aromatic nitrogens is 1. The summed E-state index contributed by atoms with van der Waals surface area (Å²) in [6, 6.07) is 34.8. The number of aliphatic hydroxyl groups excluding tert-OH is 3. The lowest BCUT2D eigenvalue weighted by Gasteiger charge is -2.38. The van der Waals surface area contributed by atoms with E-state index in [-0.39, 0.29) is 78.3 Å². The number of benzene rings is 5. The standard InChI is InChI=1S/C57H61N3O9/c1-3-44-30-49-42-11-7-10-37(26-42)14-21-48-53-52(50(65)31-51(69-53)40-16-19-46(63)20-17-40)55(67-25-22-47(64)18-13-36-8-5-4-6-9-36)56(66-2)54(48)68-35-39(33-61)28-41-15-12-38(27-43(41)34-62)29-45-32-58-23-24-60(45)57(49)59-44/h4-13,15-20,26-27,30-31,39,45,47,58-59,61-64H,3,14,21-25,28-29,32-35H2,1-2H3/b18-13+/t39-,45-,47+/m1/s1. The van der Waals surface area contributed by atoms with Gasteiger partial charge in [-0.15, -0.1) is 0 Å². The maximum absolute atomic E-state index is 14.6. The van der Waals surface area contributed by atoms with Gasteiger partial charge in [-0.1, -0.05) is 91.9 Å². The van der Waals surface area contributed by atoms with Crippen molar-refractivity contribution in [3.05, 3.63) is 165 Å². The number of rotatable bonds is 11. The van der Waals surface area contributed by atoms with Crippen LogP contribution in [0.4, 0.5) is 5.82 Å². The van der Waals surface area contributed by atoms with E-state index in [1.165, 1.54) is 25.3 Å². The molecular weight excluding hydrogens is 871 g/mol. The topological polar surface area (TPSA) is 170 Å². The van der Waals surface area contributed by atoms with Crippen molar-refractivity contribution in [1.29, 1.82) is 0 Å². The van der Waals surface area contributed by atoms with E-state index in [1.54, 1.807) is 18.2 Å². The molecule has 5 aromatic carbocycles. The number of fused-ring (bicyclic) bond motifs is 7. The van der Waals surface area contributed by atoms with Gasteiger partial charge in [-0.3, -0.25) is 4.79 Å². The second-order valence-electron chi connectivity index (χ2n) is 18.1. The molecule has 0 spiro atoms. The molecule has 69 heavy (non-hydrogen) atoms. The highest BCUT2D eigenvalue weighted by Gasteiger charge is 2.30. The van der Waals surface area contributed by atoms with Crippen LogP contribution in [0.5, 0.6) is 23.0 Å². The van der Waals surface area contributed by atoms with Gasteiger partial charge in [0.1, 0.15) is 28.3 Å². The zero-order valence-electron chi connectivity index (χ0n) is 39.2. The summed E-state index contributed by atoms with van der Waals surface area (Å²) in [5.74, 6) is 1.66. The van der Waals surface area contributed by atoms with Crippen LogP contribution >= 0.6 is 0 Å². The highest BCUT2D eigenvalue weighted by molar-refractivity contribution is 5.93. The number of piperazine rings is 1. The second-order valence-corrected chi connectivity index (χ2v) is 18.1. The molecule has 358 valence electrons. The first-order valence-corrected chi connectivity index (χ1v) is 24.0. The molecule has 12 heteroatoms. The van der Waals surface area contributed by atoms with E-state index in [9.17, 15) is 25.2 Å². The Morgan fingerprint density at radius 3 is 2.52 bits per heavy atom. The zero-order chi connectivity index (χ0) is 47.9. The van der Waals surface area contributed by atoms with Crippen LogP contribution in [0.15, 0.2) is 124 Å². The number of hydrogen-bond acceptors (Lipinski definition) is 11. The van der Waals surface area contributed by atoms with Crippen molar-refractivity contribution in [2.45, 2.75) is 64.2 Å². The molecule has 0 saturated carbocycles. The number of nitrogens with zero attached hydrogens (tertiary/aromatic N) is 1.